The first-order chi connectivity index (χ1) is 9.28. The molecule has 0 saturated carbocycles. The molecule has 0 aliphatic heterocycles. The van der Waals surface area contributed by atoms with Crippen molar-refractivity contribution in [1.29, 1.82) is 0 Å². The predicted octanol–water partition coefficient (Wildman–Crippen LogP) is 6.05. The van der Waals surface area contributed by atoms with Gasteiger partial charge in [-0.05, 0) is 75.3 Å². The Labute approximate surface area is 123 Å². The van der Waals surface area contributed by atoms with E-state index >= 15 is 0 Å². The smallest absolute Gasteiger partial charge is 0.138 e. The molecule has 2 rings (SSSR count). The Kier molecular flexibility index (Phi) is 3.75. The molecule has 0 saturated heterocycles. The van der Waals surface area contributed by atoms with E-state index in [0.717, 1.165) is 18.4 Å². The zero-order valence-corrected chi connectivity index (χ0v) is 14.3. The Hall–Kier alpha value is -1.24. The van der Waals surface area contributed by atoms with E-state index in [0.29, 0.717) is 0 Å². The fraction of sp³-hybridized carbons (Fsp3) is 0.579. The van der Waals surface area contributed by atoms with Crippen LogP contribution in [0, 0.1) is 34.6 Å². The second-order valence-corrected chi connectivity index (χ2v) is 6.53. The topological polar surface area (TPSA) is 13.1 Å². The van der Waals surface area contributed by atoms with Gasteiger partial charge in [-0.1, -0.05) is 20.8 Å². The number of rotatable bonds is 3. The van der Waals surface area contributed by atoms with Crippen LogP contribution in [0.5, 0.6) is 0 Å². The van der Waals surface area contributed by atoms with Crippen molar-refractivity contribution in [2.45, 2.75) is 73.6 Å². The molecule has 20 heavy (non-hydrogen) atoms. The molecule has 0 aliphatic rings. The molecule has 0 spiro atoms. The van der Waals surface area contributed by atoms with Gasteiger partial charge in [0.25, 0.3) is 0 Å². The molecule has 110 valence electrons. The zero-order valence-electron chi connectivity index (χ0n) is 14.3. The van der Waals surface area contributed by atoms with E-state index < -0.39 is 0 Å². The third kappa shape index (κ3) is 1.90. The molecule has 1 aromatic carbocycles. The van der Waals surface area contributed by atoms with Crippen molar-refractivity contribution in [1.82, 2.24) is 0 Å². The summed E-state index contributed by atoms with van der Waals surface area (Å²) in [5.41, 5.74) is 8.03. The number of hydrogen-bond acceptors (Lipinski definition) is 1. The third-order valence-electron chi connectivity index (χ3n) is 5.66. The standard InChI is InChI=1S/C19H28O/c1-9-19(8,10-2)18-15(7)16-13(5)11(3)12(4)14(6)17(16)20-18/h9-10H2,1-8H3. The molecular weight excluding hydrogens is 244 g/mol. The number of hydrogen-bond donors (Lipinski definition) is 0. The molecule has 2 aromatic rings. The average molecular weight is 272 g/mol. The van der Waals surface area contributed by atoms with Gasteiger partial charge in [-0.2, -0.15) is 0 Å². The highest BCUT2D eigenvalue weighted by molar-refractivity contribution is 5.90. The molecule has 0 N–H and O–H groups in total. The van der Waals surface area contributed by atoms with Gasteiger partial charge >= 0.3 is 0 Å². The van der Waals surface area contributed by atoms with Crippen molar-refractivity contribution in [2.24, 2.45) is 0 Å². The molecule has 1 heterocycles. The number of aryl methyl sites for hydroxylation is 3. The quantitative estimate of drug-likeness (QED) is 0.662. The van der Waals surface area contributed by atoms with E-state index in [1.165, 1.54) is 39.0 Å². The summed E-state index contributed by atoms with van der Waals surface area (Å²) in [5.74, 6) is 1.19. The SMILES string of the molecule is CCC(C)(CC)c1oc2c(C)c(C)c(C)c(C)c2c1C. The molecular formula is C19H28O. The van der Waals surface area contributed by atoms with Crippen LogP contribution in [-0.4, -0.2) is 0 Å². The van der Waals surface area contributed by atoms with Gasteiger partial charge in [0.2, 0.25) is 0 Å². The van der Waals surface area contributed by atoms with Gasteiger partial charge < -0.3 is 4.42 Å². The summed E-state index contributed by atoms with van der Waals surface area (Å²) in [5, 5.41) is 1.34. The van der Waals surface area contributed by atoms with Gasteiger partial charge in [-0.15, -0.1) is 0 Å². The fourth-order valence-electron chi connectivity index (χ4n) is 3.30. The minimum absolute atomic E-state index is 0.143. The first kappa shape index (κ1) is 15.2. The van der Waals surface area contributed by atoms with Crippen LogP contribution in [0.15, 0.2) is 4.42 Å². The maximum Gasteiger partial charge on any atom is 0.138 e. The Morgan fingerprint density at radius 1 is 0.750 bits per heavy atom. The number of benzene rings is 1. The molecule has 0 aliphatic carbocycles. The van der Waals surface area contributed by atoms with Crippen LogP contribution in [-0.2, 0) is 5.41 Å². The second-order valence-electron chi connectivity index (χ2n) is 6.53. The maximum atomic E-state index is 6.39. The summed E-state index contributed by atoms with van der Waals surface area (Å²) in [4.78, 5) is 0. The van der Waals surface area contributed by atoms with Crippen molar-refractivity contribution in [3.05, 3.63) is 33.6 Å². The van der Waals surface area contributed by atoms with Crippen molar-refractivity contribution >= 4 is 11.0 Å². The van der Waals surface area contributed by atoms with E-state index in [4.69, 9.17) is 4.42 Å². The van der Waals surface area contributed by atoms with Crippen molar-refractivity contribution in [3.8, 4) is 0 Å². The largest absolute Gasteiger partial charge is 0.460 e. The van der Waals surface area contributed by atoms with E-state index in [2.05, 4.69) is 55.4 Å². The molecule has 0 atom stereocenters. The lowest BCUT2D eigenvalue weighted by Gasteiger charge is -2.24. The lowest BCUT2D eigenvalue weighted by Crippen LogP contribution is -2.19. The highest BCUT2D eigenvalue weighted by Crippen LogP contribution is 2.41. The van der Waals surface area contributed by atoms with Gasteiger partial charge in [0, 0.05) is 10.8 Å². The lowest BCUT2D eigenvalue weighted by atomic mass is 9.80. The Morgan fingerprint density at radius 3 is 1.75 bits per heavy atom. The van der Waals surface area contributed by atoms with Crippen molar-refractivity contribution < 1.29 is 4.42 Å². The Bertz CT molecular complexity index is 654. The first-order valence-corrected chi connectivity index (χ1v) is 7.78. The summed E-state index contributed by atoms with van der Waals surface area (Å²) in [6, 6.07) is 0. The zero-order chi connectivity index (χ0) is 15.2. The van der Waals surface area contributed by atoms with Gasteiger partial charge in [0.05, 0.1) is 0 Å². The van der Waals surface area contributed by atoms with Crippen LogP contribution in [0.2, 0.25) is 0 Å². The van der Waals surface area contributed by atoms with Gasteiger partial charge in [0.15, 0.2) is 0 Å². The normalized spacial score (nSPS) is 12.4. The van der Waals surface area contributed by atoms with Crippen LogP contribution in [0.25, 0.3) is 11.0 Å². The molecule has 0 bridgehead atoms. The molecule has 1 aromatic heterocycles. The summed E-state index contributed by atoms with van der Waals surface area (Å²) in [6.07, 6.45) is 2.22. The highest BCUT2D eigenvalue weighted by Gasteiger charge is 2.30. The van der Waals surface area contributed by atoms with Crippen LogP contribution < -0.4 is 0 Å². The molecule has 0 fully saturated rings. The molecule has 1 heteroatoms. The number of fused-ring (bicyclic) bond motifs is 1. The van der Waals surface area contributed by atoms with Gasteiger partial charge in [-0.25, -0.2) is 0 Å². The maximum absolute atomic E-state index is 6.39. The average Bonchev–Trinajstić information content (AvgIpc) is 2.80. The van der Waals surface area contributed by atoms with Crippen LogP contribution in [0.4, 0.5) is 0 Å². The van der Waals surface area contributed by atoms with E-state index in [-0.39, 0.29) is 5.41 Å². The second kappa shape index (κ2) is 4.95. The van der Waals surface area contributed by atoms with Crippen molar-refractivity contribution in [2.75, 3.05) is 0 Å². The van der Waals surface area contributed by atoms with Crippen molar-refractivity contribution in [3.63, 3.8) is 0 Å². The van der Waals surface area contributed by atoms with Gasteiger partial charge in [0.1, 0.15) is 11.3 Å². The summed E-state index contributed by atoms with van der Waals surface area (Å²) in [7, 11) is 0. The lowest BCUT2D eigenvalue weighted by molar-refractivity contribution is 0.348. The monoisotopic (exact) mass is 272 g/mol. The summed E-state index contributed by atoms with van der Waals surface area (Å²) >= 11 is 0. The number of furan rings is 1. The Morgan fingerprint density at radius 2 is 1.25 bits per heavy atom. The molecule has 0 unspecified atom stereocenters. The van der Waals surface area contributed by atoms with Crippen LogP contribution in [0.3, 0.4) is 0 Å². The van der Waals surface area contributed by atoms with Gasteiger partial charge in [-0.3, -0.25) is 0 Å². The highest BCUT2D eigenvalue weighted by atomic mass is 16.3. The first-order valence-electron chi connectivity index (χ1n) is 7.78. The van der Waals surface area contributed by atoms with E-state index in [1.807, 2.05) is 0 Å². The molecule has 0 amide bonds. The van der Waals surface area contributed by atoms with E-state index in [1.54, 1.807) is 0 Å². The van der Waals surface area contributed by atoms with Crippen LogP contribution >= 0.6 is 0 Å². The fourth-order valence-corrected chi connectivity index (χ4v) is 3.30. The predicted molar refractivity (Wildman–Crippen MR) is 87.8 cm³/mol. The summed E-state index contributed by atoms with van der Waals surface area (Å²) in [6.45, 7) is 17.9. The molecule has 1 nitrogen and oxygen atoms in total. The van der Waals surface area contributed by atoms with E-state index in [9.17, 15) is 0 Å². The van der Waals surface area contributed by atoms with Crippen LogP contribution in [0.1, 0.15) is 67.2 Å². The minimum atomic E-state index is 0.143. The minimum Gasteiger partial charge on any atom is -0.460 e. The Balaban J connectivity index is 2.90. The molecule has 0 radical (unpaired) electrons. The third-order valence-corrected chi connectivity index (χ3v) is 5.66. The summed E-state index contributed by atoms with van der Waals surface area (Å²) < 4.78 is 6.39.